The van der Waals surface area contributed by atoms with Crippen molar-refractivity contribution in [1.82, 2.24) is 20.1 Å². The molecule has 1 aromatic heterocycles. The van der Waals surface area contributed by atoms with E-state index in [9.17, 15) is 9.90 Å². The number of carbonyl (C=O) groups is 1. The Bertz CT molecular complexity index is 1150. The summed E-state index contributed by atoms with van der Waals surface area (Å²) in [6.45, 7) is 6.68. The van der Waals surface area contributed by atoms with Gasteiger partial charge in [-0.05, 0) is 36.2 Å². The fraction of sp³-hybridized carbons (Fsp3) is 0.440. The Morgan fingerprint density at radius 2 is 1.94 bits per heavy atom. The number of β-amino-alcohol motifs (C(OH)–C–C–N with tert-alkyl or cyclic N) is 1. The van der Waals surface area contributed by atoms with Gasteiger partial charge in [0.2, 0.25) is 5.91 Å². The smallest absolute Gasteiger partial charge is 0.234 e. The second-order valence-corrected chi connectivity index (χ2v) is 10.6. The summed E-state index contributed by atoms with van der Waals surface area (Å²) >= 11 is 13.8. The predicted octanol–water partition coefficient (Wildman–Crippen LogP) is 3.84. The number of rotatable bonds is 10. The van der Waals surface area contributed by atoms with Crippen LogP contribution in [-0.2, 0) is 17.8 Å². The number of nitrogens with zero attached hydrogens (tertiary/aromatic N) is 3. The number of aryl methyl sites for hydroxylation is 1. The van der Waals surface area contributed by atoms with Crippen LogP contribution >= 0.6 is 34.5 Å². The Balaban J connectivity index is 1.14. The molecule has 2 heterocycles. The molecular formula is C25H30Cl2N4O3S. The van der Waals surface area contributed by atoms with Gasteiger partial charge in [-0.25, -0.2) is 4.98 Å². The van der Waals surface area contributed by atoms with E-state index in [1.165, 1.54) is 0 Å². The van der Waals surface area contributed by atoms with Crippen LogP contribution in [-0.4, -0.2) is 77.8 Å². The number of halogens is 2. The Morgan fingerprint density at radius 1 is 1.17 bits per heavy atom. The summed E-state index contributed by atoms with van der Waals surface area (Å²) in [5.41, 5.74) is 1.78. The quantitative estimate of drug-likeness (QED) is 0.410. The summed E-state index contributed by atoms with van der Waals surface area (Å²) in [6.07, 6.45) is 0.330. The predicted molar refractivity (Wildman–Crippen MR) is 142 cm³/mol. The van der Waals surface area contributed by atoms with Gasteiger partial charge < -0.3 is 15.2 Å². The van der Waals surface area contributed by atoms with E-state index in [1.54, 1.807) is 23.5 Å². The highest BCUT2D eigenvalue weighted by Crippen LogP contribution is 2.26. The van der Waals surface area contributed by atoms with Crippen molar-refractivity contribution in [2.75, 3.05) is 45.9 Å². The van der Waals surface area contributed by atoms with Crippen LogP contribution in [0.2, 0.25) is 10.0 Å². The minimum absolute atomic E-state index is 0.0407. The fourth-order valence-electron chi connectivity index (χ4n) is 3.99. The number of piperazine rings is 1. The third-order valence-corrected chi connectivity index (χ3v) is 7.71. The lowest BCUT2D eigenvalue weighted by Gasteiger charge is -2.35. The summed E-state index contributed by atoms with van der Waals surface area (Å²) in [7, 11) is 0. The molecule has 1 unspecified atom stereocenters. The Kier molecular flexibility index (Phi) is 9.21. The van der Waals surface area contributed by atoms with E-state index in [4.69, 9.17) is 27.9 Å². The van der Waals surface area contributed by atoms with Gasteiger partial charge in [-0.1, -0.05) is 36.2 Å². The van der Waals surface area contributed by atoms with E-state index in [1.807, 2.05) is 24.3 Å². The first kappa shape index (κ1) is 26.1. The van der Waals surface area contributed by atoms with Crippen molar-refractivity contribution in [3.05, 3.63) is 57.0 Å². The summed E-state index contributed by atoms with van der Waals surface area (Å²) in [5, 5.41) is 15.6. The number of nitrogens with one attached hydrogen (secondary N) is 1. The standard InChI is InChI=1S/C25H30Cl2N4O3S/c1-2-25-29-22-12-20(5-6-23(22)35-25)34-16-19(32)14-30-7-9-31(10-8-30)15-24(33)28-13-17-3-4-18(26)11-21(17)27/h3-6,11-12,19,32H,2,7-10,13-16H2,1H3,(H,28,33). The van der Waals surface area contributed by atoms with Crippen molar-refractivity contribution in [3.8, 4) is 5.75 Å². The van der Waals surface area contributed by atoms with Crippen LogP contribution < -0.4 is 10.1 Å². The molecule has 2 N–H and O–H groups in total. The van der Waals surface area contributed by atoms with Crippen molar-refractivity contribution < 1.29 is 14.6 Å². The molecule has 1 amide bonds. The zero-order chi connectivity index (χ0) is 24.8. The largest absolute Gasteiger partial charge is 0.491 e. The van der Waals surface area contributed by atoms with E-state index >= 15 is 0 Å². The first-order valence-electron chi connectivity index (χ1n) is 11.7. The molecule has 1 aliphatic heterocycles. The minimum Gasteiger partial charge on any atom is -0.491 e. The number of carbonyl (C=O) groups excluding carboxylic acids is 1. The molecule has 0 saturated carbocycles. The lowest BCUT2D eigenvalue weighted by Crippen LogP contribution is -2.51. The first-order valence-corrected chi connectivity index (χ1v) is 13.3. The second kappa shape index (κ2) is 12.3. The van der Waals surface area contributed by atoms with E-state index in [2.05, 4.69) is 27.0 Å². The number of aromatic nitrogens is 1. The summed E-state index contributed by atoms with van der Waals surface area (Å²) in [5.74, 6) is 0.682. The zero-order valence-electron chi connectivity index (χ0n) is 19.7. The van der Waals surface area contributed by atoms with Crippen LogP contribution in [0.15, 0.2) is 36.4 Å². The molecule has 0 aliphatic carbocycles. The van der Waals surface area contributed by atoms with Crippen LogP contribution in [0.1, 0.15) is 17.5 Å². The minimum atomic E-state index is -0.591. The fourth-order valence-corrected chi connectivity index (χ4v) is 5.35. The number of benzene rings is 2. The number of thiazole rings is 1. The van der Waals surface area contributed by atoms with Gasteiger partial charge in [0.05, 0.1) is 21.8 Å². The number of ether oxygens (including phenoxy) is 1. The monoisotopic (exact) mass is 536 g/mol. The molecule has 188 valence electrons. The van der Waals surface area contributed by atoms with E-state index in [0.29, 0.717) is 29.7 Å². The lowest BCUT2D eigenvalue weighted by atomic mass is 10.2. The highest BCUT2D eigenvalue weighted by atomic mass is 35.5. The highest BCUT2D eigenvalue weighted by molar-refractivity contribution is 7.18. The molecular weight excluding hydrogens is 507 g/mol. The van der Waals surface area contributed by atoms with Gasteiger partial charge in [0.25, 0.3) is 0 Å². The molecule has 1 fully saturated rings. The van der Waals surface area contributed by atoms with Gasteiger partial charge in [0, 0.05) is 55.4 Å². The van der Waals surface area contributed by atoms with Crippen LogP contribution in [0.4, 0.5) is 0 Å². The Morgan fingerprint density at radius 3 is 2.69 bits per heavy atom. The van der Waals surface area contributed by atoms with Crippen LogP contribution in [0.3, 0.4) is 0 Å². The molecule has 0 bridgehead atoms. The van der Waals surface area contributed by atoms with E-state index in [0.717, 1.165) is 59.1 Å². The third-order valence-electron chi connectivity index (χ3n) is 5.94. The average molecular weight is 538 g/mol. The van der Waals surface area contributed by atoms with Gasteiger partial charge in [0.1, 0.15) is 18.5 Å². The third kappa shape index (κ3) is 7.52. The molecule has 3 aromatic rings. The van der Waals surface area contributed by atoms with Crippen LogP contribution in [0, 0.1) is 0 Å². The van der Waals surface area contributed by atoms with Crippen molar-refractivity contribution >= 4 is 50.7 Å². The normalized spacial score (nSPS) is 15.9. The van der Waals surface area contributed by atoms with Crippen molar-refractivity contribution in [2.24, 2.45) is 0 Å². The number of aliphatic hydroxyl groups excluding tert-OH is 1. The number of aliphatic hydroxyl groups is 1. The maximum atomic E-state index is 12.3. The molecule has 7 nitrogen and oxygen atoms in total. The summed E-state index contributed by atoms with van der Waals surface area (Å²) < 4.78 is 6.97. The summed E-state index contributed by atoms with van der Waals surface area (Å²) in [4.78, 5) is 21.3. The number of fused-ring (bicyclic) bond motifs is 1. The number of hydrogen-bond donors (Lipinski definition) is 2. The lowest BCUT2D eigenvalue weighted by molar-refractivity contribution is -0.122. The van der Waals surface area contributed by atoms with Crippen LogP contribution in [0.25, 0.3) is 10.2 Å². The van der Waals surface area contributed by atoms with Gasteiger partial charge in [-0.15, -0.1) is 11.3 Å². The molecule has 1 saturated heterocycles. The molecule has 2 aromatic carbocycles. The molecule has 35 heavy (non-hydrogen) atoms. The topological polar surface area (TPSA) is 77.9 Å². The first-order chi connectivity index (χ1) is 16.9. The van der Waals surface area contributed by atoms with Crippen LogP contribution in [0.5, 0.6) is 5.75 Å². The maximum Gasteiger partial charge on any atom is 0.234 e. The Hall–Kier alpha value is -1.94. The van der Waals surface area contributed by atoms with Crippen molar-refractivity contribution in [3.63, 3.8) is 0 Å². The molecule has 10 heteroatoms. The van der Waals surface area contributed by atoms with Crippen molar-refractivity contribution in [2.45, 2.75) is 26.0 Å². The van der Waals surface area contributed by atoms with E-state index in [-0.39, 0.29) is 12.5 Å². The Labute approximate surface area is 219 Å². The molecule has 1 aliphatic rings. The average Bonchev–Trinajstić information content (AvgIpc) is 3.26. The van der Waals surface area contributed by atoms with E-state index < -0.39 is 6.10 Å². The van der Waals surface area contributed by atoms with Gasteiger partial charge in [-0.2, -0.15) is 0 Å². The zero-order valence-corrected chi connectivity index (χ0v) is 22.0. The number of amides is 1. The summed E-state index contributed by atoms with van der Waals surface area (Å²) in [6, 6.07) is 11.1. The molecule has 4 rings (SSSR count). The van der Waals surface area contributed by atoms with Gasteiger partial charge in [0.15, 0.2) is 0 Å². The molecule has 0 spiro atoms. The molecule has 1 atom stereocenters. The maximum absolute atomic E-state index is 12.3. The van der Waals surface area contributed by atoms with Gasteiger partial charge >= 0.3 is 0 Å². The highest BCUT2D eigenvalue weighted by Gasteiger charge is 2.21. The second-order valence-electron chi connectivity index (χ2n) is 8.64. The number of hydrogen-bond acceptors (Lipinski definition) is 7. The molecule has 0 radical (unpaired) electrons. The van der Waals surface area contributed by atoms with Crippen molar-refractivity contribution in [1.29, 1.82) is 0 Å². The SMILES string of the molecule is CCc1nc2cc(OCC(O)CN3CCN(CC(=O)NCc4ccc(Cl)cc4Cl)CC3)ccc2s1. The van der Waals surface area contributed by atoms with Gasteiger partial charge in [-0.3, -0.25) is 14.6 Å².